The maximum atomic E-state index is 14.4. The van der Waals surface area contributed by atoms with E-state index in [4.69, 9.17) is 16.3 Å². The zero-order valence-electron chi connectivity index (χ0n) is 15.3. The van der Waals surface area contributed by atoms with Crippen LogP contribution in [0.3, 0.4) is 0 Å². The number of rotatable bonds is 6. The molecular weight excluding hydrogens is 423 g/mol. The molecule has 3 aromatic rings. The molecule has 29 heavy (non-hydrogen) atoms. The minimum Gasteiger partial charge on any atom is -0.497 e. The third-order valence-electron chi connectivity index (χ3n) is 3.94. The lowest BCUT2D eigenvalue weighted by Gasteiger charge is -2.11. The first kappa shape index (κ1) is 20.8. The standard InChI is InChI=1S/C18H16ClFN4O4S/c1-24-9-16(21-10-24)11-7-14(17(20)15(19)8-11)18(25)22-23-29(26,27)13-5-3-12(28-2)4-6-13/h3-10,23H,1-2H3,(H,22,25). The summed E-state index contributed by atoms with van der Waals surface area (Å²) in [5.41, 5.74) is 2.43. The molecule has 1 amide bonds. The van der Waals surface area contributed by atoms with Gasteiger partial charge in [-0.1, -0.05) is 11.6 Å². The lowest BCUT2D eigenvalue weighted by Crippen LogP contribution is -2.41. The van der Waals surface area contributed by atoms with Gasteiger partial charge in [0.2, 0.25) is 0 Å². The number of carbonyl (C=O) groups excluding carboxylic acids is 1. The Morgan fingerprint density at radius 2 is 1.93 bits per heavy atom. The van der Waals surface area contributed by atoms with Crippen LogP contribution in [0.2, 0.25) is 5.02 Å². The smallest absolute Gasteiger partial charge is 0.269 e. The molecule has 0 fully saturated rings. The normalized spacial score (nSPS) is 11.3. The Morgan fingerprint density at radius 3 is 2.52 bits per heavy atom. The number of amides is 1. The summed E-state index contributed by atoms with van der Waals surface area (Å²) in [6.45, 7) is 0. The van der Waals surface area contributed by atoms with E-state index >= 15 is 0 Å². The van der Waals surface area contributed by atoms with Gasteiger partial charge in [0.05, 0.1) is 34.6 Å². The van der Waals surface area contributed by atoms with Gasteiger partial charge in [0.1, 0.15) is 5.75 Å². The molecule has 1 heterocycles. The second-order valence-corrected chi connectivity index (χ2v) is 8.07. The highest BCUT2D eigenvalue weighted by Gasteiger charge is 2.20. The molecule has 11 heteroatoms. The Labute approximate surface area is 171 Å². The highest BCUT2D eigenvalue weighted by atomic mass is 35.5. The van der Waals surface area contributed by atoms with Crippen molar-refractivity contribution in [3.8, 4) is 17.0 Å². The van der Waals surface area contributed by atoms with E-state index in [2.05, 4.69) is 4.98 Å². The Kier molecular flexibility index (Phi) is 5.87. The van der Waals surface area contributed by atoms with Gasteiger partial charge in [0.15, 0.2) is 5.82 Å². The first-order valence-corrected chi connectivity index (χ1v) is 10.0. The Hall–Kier alpha value is -2.95. The predicted molar refractivity (Wildman–Crippen MR) is 104 cm³/mol. The minimum absolute atomic E-state index is 0.112. The van der Waals surface area contributed by atoms with Gasteiger partial charge in [-0.2, -0.15) is 0 Å². The molecule has 0 aliphatic heterocycles. The van der Waals surface area contributed by atoms with E-state index in [1.54, 1.807) is 17.8 Å². The number of benzene rings is 2. The molecule has 0 bridgehead atoms. The Morgan fingerprint density at radius 1 is 1.24 bits per heavy atom. The fraction of sp³-hybridized carbons (Fsp3) is 0.111. The predicted octanol–water partition coefficient (Wildman–Crippen LogP) is 2.51. The van der Waals surface area contributed by atoms with E-state index in [0.717, 1.165) is 0 Å². The first-order chi connectivity index (χ1) is 13.7. The highest BCUT2D eigenvalue weighted by molar-refractivity contribution is 7.89. The molecule has 1 aromatic heterocycles. The molecule has 3 rings (SSSR count). The lowest BCUT2D eigenvalue weighted by atomic mass is 10.1. The average molecular weight is 439 g/mol. The number of hydrogen-bond acceptors (Lipinski definition) is 5. The third kappa shape index (κ3) is 4.56. The number of imidazole rings is 1. The molecule has 2 aromatic carbocycles. The lowest BCUT2D eigenvalue weighted by molar-refractivity contribution is 0.0941. The number of nitrogens with zero attached hydrogens (tertiary/aromatic N) is 2. The third-order valence-corrected chi connectivity index (χ3v) is 5.48. The fourth-order valence-corrected chi connectivity index (χ4v) is 3.52. The summed E-state index contributed by atoms with van der Waals surface area (Å²) in [7, 11) is -0.881. The van der Waals surface area contributed by atoms with Crippen molar-refractivity contribution in [3.63, 3.8) is 0 Å². The fourth-order valence-electron chi connectivity index (χ4n) is 2.46. The molecule has 0 radical (unpaired) electrons. The van der Waals surface area contributed by atoms with Crippen LogP contribution in [0, 0.1) is 5.82 Å². The van der Waals surface area contributed by atoms with Crippen LogP contribution in [0.15, 0.2) is 53.8 Å². The van der Waals surface area contributed by atoms with Crippen LogP contribution in [0.4, 0.5) is 4.39 Å². The quantitative estimate of drug-likeness (QED) is 0.576. The van der Waals surface area contributed by atoms with Gasteiger partial charge < -0.3 is 9.30 Å². The van der Waals surface area contributed by atoms with Gasteiger partial charge in [0, 0.05) is 18.8 Å². The second kappa shape index (κ2) is 8.19. The summed E-state index contributed by atoms with van der Waals surface area (Å²) in [6, 6.07) is 8.06. The number of hydrogen-bond donors (Lipinski definition) is 2. The monoisotopic (exact) mass is 438 g/mol. The highest BCUT2D eigenvalue weighted by Crippen LogP contribution is 2.27. The largest absolute Gasteiger partial charge is 0.497 e. The summed E-state index contributed by atoms with van der Waals surface area (Å²) in [5, 5.41) is -0.295. The number of methoxy groups -OCH3 is 1. The molecule has 152 valence electrons. The molecule has 0 aliphatic carbocycles. The number of aryl methyl sites for hydroxylation is 1. The van der Waals surface area contributed by atoms with Crippen molar-refractivity contribution in [2.75, 3.05) is 7.11 Å². The molecule has 0 unspecified atom stereocenters. The van der Waals surface area contributed by atoms with E-state index in [1.807, 2.05) is 10.3 Å². The number of sulfonamides is 1. The van der Waals surface area contributed by atoms with Crippen LogP contribution in [0.25, 0.3) is 11.3 Å². The number of halogens is 2. The summed E-state index contributed by atoms with van der Waals surface area (Å²) in [5.74, 6) is -1.53. The van der Waals surface area contributed by atoms with Crippen molar-refractivity contribution in [1.82, 2.24) is 19.8 Å². The Balaban J connectivity index is 1.82. The molecule has 2 N–H and O–H groups in total. The summed E-state index contributed by atoms with van der Waals surface area (Å²) < 4.78 is 45.6. The van der Waals surface area contributed by atoms with Crippen LogP contribution in [-0.4, -0.2) is 31.0 Å². The minimum atomic E-state index is -4.08. The molecule has 0 spiro atoms. The van der Waals surface area contributed by atoms with Crippen molar-refractivity contribution in [2.24, 2.45) is 7.05 Å². The SMILES string of the molecule is COc1ccc(S(=O)(=O)NNC(=O)c2cc(-c3cn(C)cn3)cc(Cl)c2F)cc1. The topological polar surface area (TPSA) is 102 Å². The van der Waals surface area contributed by atoms with Crippen molar-refractivity contribution in [3.05, 3.63) is 65.3 Å². The van der Waals surface area contributed by atoms with Crippen LogP contribution in [-0.2, 0) is 17.1 Å². The molecule has 0 aliphatic rings. The molecular formula is C18H16ClFN4O4S. The summed E-state index contributed by atoms with van der Waals surface area (Å²) in [4.78, 5) is 18.3. The van der Waals surface area contributed by atoms with Crippen LogP contribution in [0.1, 0.15) is 10.4 Å². The number of carbonyl (C=O) groups is 1. The Bertz CT molecular complexity index is 1160. The maximum Gasteiger partial charge on any atom is 0.269 e. The van der Waals surface area contributed by atoms with E-state index in [9.17, 15) is 17.6 Å². The maximum absolute atomic E-state index is 14.4. The summed E-state index contributed by atoms with van der Waals surface area (Å²) in [6.07, 6.45) is 3.20. The van der Waals surface area contributed by atoms with Gasteiger partial charge in [-0.25, -0.2) is 17.8 Å². The number of aromatic nitrogens is 2. The van der Waals surface area contributed by atoms with Gasteiger partial charge in [-0.3, -0.25) is 10.2 Å². The molecule has 0 saturated heterocycles. The van der Waals surface area contributed by atoms with Crippen molar-refractivity contribution in [2.45, 2.75) is 4.90 Å². The second-order valence-electron chi connectivity index (χ2n) is 5.98. The zero-order valence-corrected chi connectivity index (χ0v) is 16.9. The van der Waals surface area contributed by atoms with Crippen molar-refractivity contribution >= 4 is 27.5 Å². The van der Waals surface area contributed by atoms with Crippen molar-refractivity contribution < 1.29 is 22.3 Å². The van der Waals surface area contributed by atoms with E-state index in [0.29, 0.717) is 17.0 Å². The van der Waals surface area contributed by atoms with Crippen LogP contribution in [0.5, 0.6) is 5.75 Å². The average Bonchev–Trinajstić information content (AvgIpc) is 3.14. The van der Waals surface area contributed by atoms with Gasteiger partial charge in [-0.05, 0) is 36.4 Å². The van der Waals surface area contributed by atoms with Gasteiger partial charge in [-0.15, -0.1) is 4.83 Å². The number of hydrazine groups is 1. The molecule has 0 atom stereocenters. The van der Waals surface area contributed by atoms with E-state index in [-0.39, 0.29) is 9.92 Å². The van der Waals surface area contributed by atoms with Crippen LogP contribution < -0.4 is 15.0 Å². The molecule has 8 nitrogen and oxygen atoms in total. The number of ether oxygens (including phenoxy) is 1. The van der Waals surface area contributed by atoms with Gasteiger partial charge in [0.25, 0.3) is 15.9 Å². The molecule has 0 saturated carbocycles. The summed E-state index contributed by atoms with van der Waals surface area (Å²) >= 11 is 5.89. The number of nitrogens with one attached hydrogen (secondary N) is 2. The zero-order chi connectivity index (χ0) is 21.2. The van der Waals surface area contributed by atoms with E-state index < -0.39 is 27.3 Å². The first-order valence-electron chi connectivity index (χ1n) is 8.15. The van der Waals surface area contributed by atoms with Crippen LogP contribution >= 0.6 is 11.6 Å². The van der Waals surface area contributed by atoms with Gasteiger partial charge >= 0.3 is 0 Å². The van der Waals surface area contributed by atoms with Crippen molar-refractivity contribution in [1.29, 1.82) is 0 Å². The van der Waals surface area contributed by atoms with E-state index in [1.165, 1.54) is 49.8 Å².